The van der Waals surface area contributed by atoms with Crippen LogP contribution in [0.5, 0.6) is 0 Å². The SMILES string of the molecule is CCN(c1ccc(F)cc1)S(=O)(=O)c1ccc(F)cc1F. The zero-order chi connectivity index (χ0) is 15.6. The summed E-state index contributed by atoms with van der Waals surface area (Å²) in [6.07, 6.45) is 0. The summed E-state index contributed by atoms with van der Waals surface area (Å²) < 4.78 is 65.3. The summed E-state index contributed by atoms with van der Waals surface area (Å²) >= 11 is 0. The second kappa shape index (κ2) is 5.77. The van der Waals surface area contributed by atoms with Gasteiger partial charge in [-0.2, -0.15) is 0 Å². The Labute approximate surface area is 120 Å². The van der Waals surface area contributed by atoms with Crippen LogP contribution in [-0.4, -0.2) is 15.0 Å². The summed E-state index contributed by atoms with van der Waals surface area (Å²) in [5, 5.41) is 0. The molecule has 0 spiro atoms. The minimum Gasteiger partial charge on any atom is -0.267 e. The quantitative estimate of drug-likeness (QED) is 0.868. The van der Waals surface area contributed by atoms with Gasteiger partial charge in [0.15, 0.2) is 0 Å². The Morgan fingerprint density at radius 2 is 1.52 bits per heavy atom. The van der Waals surface area contributed by atoms with Crippen molar-refractivity contribution in [2.75, 3.05) is 10.8 Å². The number of hydrogen-bond donors (Lipinski definition) is 0. The third-order valence-electron chi connectivity index (χ3n) is 2.86. The molecule has 3 nitrogen and oxygen atoms in total. The van der Waals surface area contributed by atoms with Crippen molar-refractivity contribution in [1.82, 2.24) is 0 Å². The Kier molecular flexibility index (Phi) is 4.22. The molecule has 7 heteroatoms. The molecule has 0 aliphatic heterocycles. The fourth-order valence-electron chi connectivity index (χ4n) is 1.90. The van der Waals surface area contributed by atoms with Crippen molar-refractivity contribution in [3.8, 4) is 0 Å². The van der Waals surface area contributed by atoms with E-state index < -0.39 is 32.4 Å². The Hall–Kier alpha value is -2.02. The minimum absolute atomic E-state index is 0.0186. The van der Waals surface area contributed by atoms with Gasteiger partial charge in [-0.25, -0.2) is 21.6 Å². The van der Waals surface area contributed by atoms with Gasteiger partial charge in [-0.05, 0) is 43.3 Å². The molecule has 21 heavy (non-hydrogen) atoms. The smallest absolute Gasteiger partial charge is 0.267 e. The Bertz CT molecular complexity index is 745. The van der Waals surface area contributed by atoms with E-state index in [-0.39, 0.29) is 12.2 Å². The van der Waals surface area contributed by atoms with Crippen LogP contribution in [0, 0.1) is 17.5 Å². The summed E-state index contributed by atoms with van der Waals surface area (Å²) in [6, 6.07) is 7.00. The highest BCUT2D eigenvalue weighted by molar-refractivity contribution is 7.92. The molecule has 2 aromatic rings. The summed E-state index contributed by atoms with van der Waals surface area (Å²) in [5.41, 5.74) is 0.197. The molecule has 0 unspecified atom stereocenters. The van der Waals surface area contributed by atoms with Crippen LogP contribution in [0.1, 0.15) is 6.92 Å². The van der Waals surface area contributed by atoms with Crippen LogP contribution in [0.25, 0.3) is 0 Å². The molecule has 0 saturated heterocycles. The molecule has 0 N–H and O–H groups in total. The fourth-order valence-corrected chi connectivity index (χ4v) is 3.42. The van der Waals surface area contributed by atoms with E-state index in [1.807, 2.05) is 0 Å². The average Bonchev–Trinajstić information content (AvgIpc) is 2.41. The number of nitrogens with zero attached hydrogens (tertiary/aromatic N) is 1. The van der Waals surface area contributed by atoms with Gasteiger partial charge in [0.05, 0.1) is 5.69 Å². The van der Waals surface area contributed by atoms with Crippen molar-refractivity contribution in [3.63, 3.8) is 0 Å². The number of hydrogen-bond acceptors (Lipinski definition) is 2. The molecule has 0 fully saturated rings. The average molecular weight is 315 g/mol. The van der Waals surface area contributed by atoms with Gasteiger partial charge in [-0.3, -0.25) is 4.31 Å². The van der Waals surface area contributed by atoms with Crippen molar-refractivity contribution in [2.45, 2.75) is 11.8 Å². The molecule has 0 bridgehead atoms. The predicted octanol–water partition coefficient (Wildman–Crippen LogP) is 3.32. The van der Waals surface area contributed by atoms with E-state index in [1.165, 1.54) is 12.1 Å². The normalized spacial score (nSPS) is 11.4. The molecule has 0 heterocycles. The molecular weight excluding hydrogens is 303 g/mol. The lowest BCUT2D eigenvalue weighted by molar-refractivity contribution is 0.547. The summed E-state index contributed by atoms with van der Waals surface area (Å²) in [7, 11) is -4.20. The summed E-state index contributed by atoms with van der Waals surface area (Å²) in [6.45, 7) is 1.58. The zero-order valence-electron chi connectivity index (χ0n) is 11.1. The molecule has 2 rings (SSSR count). The highest BCUT2D eigenvalue weighted by Crippen LogP contribution is 2.25. The van der Waals surface area contributed by atoms with Gasteiger partial charge < -0.3 is 0 Å². The van der Waals surface area contributed by atoms with Crippen LogP contribution < -0.4 is 4.31 Å². The summed E-state index contributed by atoms with van der Waals surface area (Å²) in [5.74, 6) is -2.55. The van der Waals surface area contributed by atoms with Crippen molar-refractivity contribution in [1.29, 1.82) is 0 Å². The van der Waals surface area contributed by atoms with E-state index in [1.54, 1.807) is 6.92 Å². The van der Waals surface area contributed by atoms with E-state index >= 15 is 0 Å². The standard InChI is InChI=1S/C14H12F3NO2S/c1-2-18(12-6-3-10(15)4-7-12)21(19,20)14-8-5-11(16)9-13(14)17/h3-9H,2H2,1H3. The second-order valence-corrected chi connectivity index (χ2v) is 6.05. The predicted molar refractivity (Wildman–Crippen MR) is 73.0 cm³/mol. The molecular formula is C14H12F3NO2S. The lowest BCUT2D eigenvalue weighted by Crippen LogP contribution is -2.31. The van der Waals surface area contributed by atoms with Crippen molar-refractivity contribution in [2.24, 2.45) is 0 Å². The van der Waals surface area contributed by atoms with Gasteiger partial charge in [0.25, 0.3) is 10.0 Å². The van der Waals surface area contributed by atoms with E-state index in [4.69, 9.17) is 0 Å². The molecule has 0 radical (unpaired) electrons. The Morgan fingerprint density at radius 1 is 0.952 bits per heavy atom. The first-order chi connectivity index (χ1) is 9.86. The molecule has 0 atom stereocenters. The Balaban J connectivity index is 2.51. The van der Waals surface area contributed by atoms with Crippen molar-refractivity contribution in [3.05, 3.63) is 59.9 Å². The van der Waals surface area contributed by atoms with E-state index in [2.05, 4.69) is 0 Å². The maximum atomic E-state index is 13.7. The second-order valence-electron chi connectivity index (χ2n) is 4.22. The minimum atomic E-state index is -4.20. The monoisotopic (exact) mass is 315 g/mol. The summed E-state index contributed by atoms with van der Waals surface area (Å²) in [4.78, 5) is -0.630. The number of halogens is 3. The number of anilines is 1. The Morgan fingerprint density at radius 3 is 2.05 bits per heavy atom. The third-order valence-corrected chi connectivity index (χ3v) is 4.80. The largest absolute Gasteiger partial charge is 0.267 e. The van der Waals surface area contributed by atoms with Gasteiger partial charge in [0.2, 0.25) is 0 Å². The maximum Gasteiger partial charge on any atom is 0.267 e. The van der Waals surface area contributed by atoms with Crippen LogP contribution in [0.2, 0.25) is 0 Å². The topological polar surface area (TPSA) is 37.4 Å². The number of benzene rings is 2. The van der Waals surface area contributed by atoms with Crippen LogP contribution in [0.15, 0.2) is 47.4 Å². The fraction of sp³-hybridized carbons (Fsp3) is 0.143. The van der Waals surface area contributed by atoms with Crippen LogP contribution in [-0.2, 0) is 10.0 Å². The molecule has 0 saturated carbocycles. The van der Waals surface area contributed by atoms with E-state index in [0.29, 0.717) is 6.07 Å². The first-order valence-electron chi connectivity index (χ1n) is 6.09. The van der Waals surface area contributed by atoms with E-state index in [0.717, 1.165) is 28.6 Å². The zero-order valence-corrected chi connectivity index (χ0v) is 11.9. The van der Waals surface area contributed by atoms with Crippen LogP contribution >= 0.6 is 0 Å². The highest BCUT2D eigenvalue weighted by atomic mass is 32.2. The lowest BCUT2D eigenvalue weighted by Gasteiger charge is -2.23. The first kappa shape index (κ1) is 15.4. The van der Waals surface area contributed by atoms with Crippen LogP contribution in [0.4, 0.5) is 18.9 Å². The molecule has 0 aliphatic carbocycles. The third kappa shape index (κ3) is 3.02. The molecule has 112 valence electrons. The molecule has 0 aliphatic rings. The number of sulfonamides is 1. The van der Waals surface area contributed by atoms with Gasteiger partial charge >= 0.3 is 0 Å². The molecule has 0 amide bonds. The molecule has 0 aromatic heterocycles. The maximum absolute atomic E-state index is 13.7. The van der Waals surface area contributed by atoms with Gasteiger partial charge in [0, 0.05) is 12.6 Å². The van der Waals surface area contributed by atoms with Crippen molar-refractivity contribution < 1.29 is 21.6 Å². The number of rotatable bonds is 4. The van der Waals surface area contributed by atoms with Crippen LogP contribution in [0.3, 0.4) is 0 Å². The lowest BCUT2D eigenvalue weighted by atomic mass is 10.3. The highest BCUT2D eigenvalue weighted by Gasteiger charge is 2.27. The van der Waals surface area contributed by atoms with E-state index in [9.17, 15) is 21.6 Å². The first-order valence-corrected chi connectivity index (χ1v) is 7.53. The molecule has 2 aromatic carbocycles. The van der Waals surface area contributed by atoms with Crippen molar-refractivity contribution >= 4 is 15.7 Å². The van der Waals surface area contributed by atoms with Gasteiger partial charge in [0.1, 0.15) is 22.3 Å². The van der Waals surface area contributed by atoms with Gasteiger partial charge in [-0.15, -0.1) is 0 Å². The van der Waals surface area contributed by atoms with Gasteiger partial charge in [-0.1, -0.05) is 0 Å².